The Labute approximate surface area is 188 Å². The van der Waals surface area contributed by atoms with Crippen LogP contribution in [0.3, 0.4) is 0 Å². The third kappa shape index (κ3) is 3.67. The van der Waals surface area contributed by atoms with Crippen molar-refractivity contribution in [1.29, 1.82) is 0 Å². The van der Waals surface area contributed by atoms with Gasteiger partial charge in [-0.2, -0.15) is 18.2 Å². The van der Waals surface area contributed by atoms with Gasteiger partial charge in [0.1, 0.15) is 5.82 Å². The molecular formula is C23H25F3N6O. The first-order valence-electron chi connectivity index (χ1n) is 10.9. The first kappa shape index (κ1) is 21.5. The molecule has 1 atom stereocenters. The number of carbonyl (C=O) groups is 1. The molecule has 1 aliphatic heterocycles. The number of imidazole rings is 1. The minimum atomic E-state index is -4.49. The van der Waals surface area contributed by atoms with E-state index in [4.69, 9.17) is 5.73 Å². The molecule has 5 rings (SSSR count). The van der Waals surface area contributed by atoms with E-state index in [0.29, 0.717) is 30.2 Å². The molecule has 3 aromatic rings. The summed E-state index contributed by atoms with van der Waals surface area (Å²) >= 11 is 0. The maximum absolute atomic E-state index is 13.3. The topological polar surface area (TPSA) is 88.5 Å². The van der Waals surface area contributed by atoms with Crippen molar-refractivity contribution in [3.05, 3.63) is 52.5 Å². The van der Waals surface area contributed by atoms with Gasteiger partial charge in [-0.25, -0.2) is 4.98 Å². The largest absolute Gasteiger partial charge is 0.416 e. The number of nitrogens with two attached hydrogens (primary N) is 1. The zero-order valence-corrected chi connectivity index (χ0v) is 18.6. The summed E-state index contributed by atoms with van der Waals surface area (Å²) in [5, 5.41) is 3.25. The van der Waals surface area contributed by atoms with E-state index < -0.39 is 17.8 Å². The van der Waals surface area contributed by atoms with Gasteiger partial charge >= 0.3 is 6.18 Å². The normalized spacial score (nSPS) is 17.8. The molecule has 174 valence electrons. The van der Waals surface area contributed by atoms with Gasteiger partial charge in [-0.15, -0.1) is 0 Å². The van der Waals surface area contributed by atoms with E-state index in [1.807, 2.05) is 23.1 Å². The van der Waals surface area contributed by atoms with Crippen molar-refractivity contribution in [3.63, 3.8) is 0 Å². The van der Waals surface area contributed by atoms with Crippen molar-refractivity contribution in [1.82, 2.24) is 19.3 Å². The van der Waals surface area contributed by atoms with Crippen LogP contribution in [0, 0.1) is 12.3 Å². The fourth-order valence-electron chi connectivity index (χ4n) is 4.46. The predicted molar refractivity (Wildman–Crippen MR) is 117 cm³/mol. The number of nitrogen functional groups attached to an aromatic ring is 1. The zero-order chi connectivity index (χ0) is 23.7. The van der Waals surface area contributed by atoms with Crippen LogP contribution in [0.25, 0.3) is 5.78 Å². The van der Waals surface area contributed by atoms with E-state index >= 15 is 0 Å². The molecule has 0 spiro atoms. The predicted octanol–water partition coefficient (Wildman–Crippen LogP) is 4.45. The van der Waals surface area contributed by atoms with Crippen LogP contribution in [-0.4, -0.2) is 25.2 Å². The summed E-state index contributed by atoms with van der Waals surface area (Å²) in [5.41, 5.74) is 7.79. The third-order valence-corrected chi connectivity index (χ3v) is 6.69. The van der Waals surface area contributed by atoms with Crippen LogP contribution < -0.4 is 11.1 Å². The van der Waals surface area contributed by atoms with Gasteiger partial charge in [-0.3, -0.25) is 9.20 Å². The molecule has 10 heteroatoms. The SMILES string of the molecule is Cc1cnc2nc(NC(C)c3cc(N)cc(C(F)(F)F)c3)c3c(n12)CN(C(=O)C1(C)CC1)C3. The van der Waals surface area contributed by atoms with Crippen molar-refractivity contribution in [2.75, 3.05) is 11.1 Å². The fourth-order valence-corrected chi connectivity index (χ4v) is 4.46. The lowest BCUT2D eigenvalue weighted by Gasteiger charge is -2.20. The molecule has 1 saturated carbocycles. The molecule has 0 bridgehead atoms. The Hall–Kier alpha value is -3.30. The smallest absolute Gasteiger partial charge is 0.399 e. The maximum atomic E-state index is 13.3. The molecule has 2 aliphatic rings. The van der Waals surface area contributed by atoms with Gasteiger partial charge in [0, 0.05) is 22.4 Å². The number of fused-ring (bicyclic) bond motifs is 3. The molecule has 33 heavy (non-hydrogen) atoms. The van der Waals surface area contributed by atoms with E-state index in [1.165, 1.54) is 6.07 Å². The molecule has 1 aliphatic carbocycles. The van der Waals surface area contributed by atoms with E-state index in [9.17, 15) is 18.0 Å². The molecule has 1 amide bonds. The van der Waals surface area contributed by atoms with Crippen LogP contribution in [-0.2, 0) is 24.1 Å². The van der Waals surface area contributed by atoms with Gasteiger partial charge in [-0.05, 0) is 50.5 Å². The number of hydrogen-bond acceptors (Lipinski definition) is 5. The Morgan fingerprint density at radius 1 is 1.24 bits per heavy atom. The number of nitrogens with one attached hydrogen (secondary N) is 1. The monoisotopic (exact) mass is 458 g/mol. The maximum Gasteiger partial charge on any atom is 0.416 e. The quantitative estimate of drug-likeness (QED) is 0.564. The number of rotatable bonds is 4. The second kappa shape index (κ2) is 7.10. The van der Waals surface area contributed by atoms with Crippen LogP contribution in [0.2, 0.25) is 0 Å². The highest BCUT2D eigenvalue weighted by Gasteiger charge is 2.48. The van der Waals surface area contributed by atoms with E-state index in [1.54, 1.807) is 13.1 Å². The molecule has 0 radical (unpaired) electrons. The molecule has 7 nitrogen and oxygen atoms in total. The molecule has 1 aromatic carbocycles. The molecule has 3 heterocycles. The summed E-state index contributed by atoms with van der Waals surface area (Å²) in [6.07, 6.45) is -1.00. The first-order chi connectivity index (χ1) is 15.5. The van der Waals surface area contributed by atoms with Crippen LogP contribution in [0.5, 0.6) is 0 Å². The number of anilines is 2. The average molecular weight is 458 g/mol. The number of benzene rings is 1. The Balaban J connectivity index is 1.51. The number of halogens is 3. The Bertz CT molecular complexity index is 1280. The average Bonchev–Trinajstić information content (AvgIpc) is 3.17. The number of aromatic nitrogens is 3. The number of nitrogens with zero attached hydrogens (tertiary/aromatic N) is 4. The Morgan fingerprint density at radius 2 is 1.97 bits per heavy atom. The minimum Gasteiger partial charge on any atom is -0.399 e. The summed E-state index contributed by atoms with van der Waals surface area (Å²) < 4.78 is 41.8. The fraction of sp³-hybridized carbons (Fsp3) is 0.435. The van der Waals surface area contributed by atoms with Gasteiger partial charge in [0.2, 0.25) is 11.7 Å². The summed E-state index contributed by atoms with van der Waals surface area (Å²) in [4.78, 5) is 23.9. The highest BCUT2D eigenvalue weighted by Crippen LogP contribution is 2.48. The molecule has 2 aromatic heterocycles. The number of aryl methyl sites for hydroxylation is 1. The standard InChI is InChI=1S/C23H25F3N6O/c1-12-9-28-21-30-19(29-13(2)14-6-15(23(24,25)26)8-16(27)7-14)17-10-31(11-18(17)32(12)21)20(33)22(3)4-5-22/h6-9,13H,4-5,10-11,27H2,1-3H3,(H,28,29,30). The second-order valence-corrected chi connectivity index (χ2v) is 9.39. The summed E-state index contributed by atoms with van der Waals surface area (Å²) in [7, 11) is 0. The van der Waals surface area contributed by atoms with E-state index in [-0.39, 0.29) is 17.0 Å². The number of amides is 1. The second-order valence-electron chi connectivity index (χ2n) is 9.39. The van der Waals surface area contributed by atoms with E-state index in [0.717, 1.165) is 41.9 Å². The summed E-state index contributed by atoms with van der Waals surface area (Å²) in [6, 6.07) is 3.04. The number of alkyl halides is 3. The van der Waals surface area contributed by atoms with Gasteiger partial charge in [0.15, 0.2) is 0 Å². The van der Waals surface area contributed by atoms with Gasteiger partial charge < -0.3 is 16.0 Å². The lowest BCUT2D eigenvalue weighted by molar-refractivity contribution is -0.138. The lowest BCUT2D eigenvalue weighted by Crippen LogP contribution is -2.31. The van der Waals surface area contributed by atoms with Crippen LogP contribution in [0.1, 0.15) is 60.8 Å². The third-order valence-electron chi connectivity index (χ3n) is 6.69. The summed E-state index contributed by atoms with van der Waals surface area (Å²) in [6.45, 7) is 6.50. The Kier molecular flexibility index (Phi) is 4.63. The molecule has 1 fully saturated rings. The van der Waals surface area contributed by atoms with Crippen molar-refractivity contribution >= 4 is 23.2 Å². The van der Waals surface area contributed by atoms with Crippen LogP contribution >= 0.6 is 0 Å². The Morgan fingerprint density at radius 3 is 2.64 bits per heavy atom. The zero-order valence-electron chi connectivity index (χ0n) is 18.6. The molecule has 1 unspecified atom stereocenters. The molecule has 3 N–H and O–H groups in total. The van der Waals surface area contributed by atoms with Crippen molar-refractivity contribution in [2.24, 2.45) is 5.41 Å². The van der Waals surface area contributed by atoms with Crippen LogP contribution in [0.4, 0.5) is 24.7 Å². The number of hydrogen-bond donors (Lipinski definition) is 2. The first-order valence-corrected chi connectivity index (χ1v) is 10.9. The highest BCUT2D eigenvalue weighted by molar-refractivity contribution is 5.85. The van der Waals surface area contributed by atoms with Gasteiger partial charge in [-0.1, -0.05) is 6.92 Å². The van der Waals surface area contributed by atoms with Crippen molar-refractivity contribution < 1.29 is 18.0 Å². The van der Waals surface area contributed by atoms with E-state index in [2.05, 4.69) is 15.3 Å². The lowest BCUT2D eigenvalue weighted by atomic mass is 10.0. The minimum absolute atomic E-state index is 0.0421. The van der Waals surface area contributed by atoms with Gasteiger partial charge in [0.25, 0.3) is 0 Å². The molecular weight excluding hydrogens is 433 g/mol. The molecule has 0 saturated heterocycles. The van der Waals surface area contributed by atoms with Crippen molar-refractivity contribution in [2.45, 2.75) is 58.9 Å². The summed E-state index contributed by atoms with van der Waals surface area (Å²) in [5.74, 6) is 1.12. The highest BCUT2D eigenvalue weighted by atomic mass is 19.4. The van der Waals surface area contributed by atoms with Gasteiger partial charge in [0.05, 0.1) is 36.6 Å². The van der Waals surface area contributed by atoms with Crippen LogP contribution in [0.15, 0.2) is 24.4 Å². The number of carbonyl (C=O) groups excluding carboxylic acids is 1. The van der Waals surface area contributed by atoms with Crippen molar-refractivity contribution in [3.8, 4) is 0 Å².